The second-order valence-electron chi connectivity index (χ2n) is 3.24. The number of nitrogens with zero attached hydrogens (tertiary/aromatic N) is 3. The van der Waals surface area contributed by atoms with E-state index in [0.29, 0.717) is 5.82 Å². The summed E-state index contributed by atoms with van der Waals surface area (Å²) in [6.07, 6.45) is 2.70. The van der Waals surface area contributed by atoms with E-state index in [4.69, 9.17) is 5.73 Å². The van der Waals surface area contributed by atoms with Crippen molar-refractivity contribution in [3.05, 3.63) is 30.4 Å². The molecule has 14 heavy (non-hydrogen) atoms. The van der Waals surface area contributed by atoms with Crippen molar-refractivity contribution in [3.8, 4) is 0 Å². The van der Waals surface area contributed by atoms with Gasteiger partial charge in [-0.05, 0) is 19.1 Å². The predicted octanol–water partition coefficient (Wildman–Crippen LogP) is 0.110. The molecule has 2 aromatic rings. The monoisotopic (exact) mass is 192 g/mol. The lowest BCUT2D eigenvalue weighted by Crippen LogP contribution is -2.26. The topological polar surface area (TPSA) is 76.4 Å². The summed E-state index contributed by atoms with van der Waals surface area (Å²) in [7, 11) is 0. The molecule has 0 amide bonds. The summed E-state index contributed by atoms with van der Waals surface area (Å²) >= 11 is 0. The van der Waals surface area contributed by atoms with Crippen LogP contribution in [-0.4, -0.2) is 25.8 Å². The molecular formula is C9H12N4O. The normalized spacial score (nSPS) is 15.6. The highest BCUT2D eigenvalue weighted by Gasteiger charge is 2.16. The van der Waals surface area contributed by atoms with E-state index in [-0.39, 0.29) is 0 Å². The fourth-order valence-corrected chi connectivity index (χ4v) is 1.32. The summed E-state index contributed by atoms with van der Waals surface area (Å²) in [4.78, 5) is 4.12. The lowest BCUT2D eigenvalue weighted by atomic mass is 10.2. The number of aliphatic hydroxyl groups is 1. The molecule has 0 radical (unpaired) electrons. The molecule has 74 valence electrons. The Hall–Kier alpha value is -1.46. The standard InChI is InChI=1S/C9H12N4O/c1-6(14)8(10)9-11-4-2-7-3-5-12-13(7)9/h2-6,8,14H,10H2,1H3. The van der Waals surface area contributed by atoms with E-state index in [9.17, 15) is 5.11 Å². The maximum absolute atomic E-state index is 9.37. The van der Waals surface area contributed by atoms with Crippen LogP contribution in [0, 0.1) is 0 Å². The van der Waals surface area contributed by atoms with E-state index in [0.717, 1.165) is 5.52 Å². The van der Waals surface area contributed by atoms with Crippen LogP contribution in [0.4, 0.5) is 0 Å². The third-order valence-electron chi connectivity index (χ3n) is 2.16. The van der Waals surface area contributed by atoms with Gasteiger partial charge >= 0.3 is 0 Å². The van der Waals surface area contributed by atoms with Crippen LogP contribution in [0.3, 0.4) is 0 Å². The summed E-state index contributed by atoms with van der Waals surface area (Å²) in [5.41, 5.74) is 6.71. The Labute approximate surface area is 81.2 Å². The molecule has 0 fully saturated rings. The van der Waals surface area contributed by atoms with Crippen LogP contribution in [-0.2, 0) is 0 Å². The third-order valence-corrected chi connectivity index (χ3v) is 2.16. The van der Waals surface area contributed by atoms with E-state index >= 15 is 0 Å². The van der Waals surface area contributed by atoms with Crippen LogP contribution in [0.5, 0.6) is 0 Å². The minimum Gasteiger partial charge on any atom is -0.391 e. The number of aliphatic hydroxyl groups excluding tert-OH is 1. The summed E-state index contributed by atoms with van der Waals surface area (Å²) in [6, 6.07) is 3.18. The van der Waals surface area contributed by atoms with Gasteiger partial charge in [0.2, 0.25) is 0 Å². The van der Waals surface area contributed by atoms with Gasteiger partial charge in [-0.3, -0.25) is 0 Å². The Balaban J connectivity index is 2.56. The van der Waals surface area contributed by atoms with Gasteiger partial charge in [0.05, 0.1) is 23.9 Å². The molecule has 5 heteroatoms. The number of hydrogen-bond donors (Lipinski definition) is 2. The van der Waals surface area contributed by atoms with Crippen molar-refractivity contribution in [1.82, 2.24) is 14.6 Å². The van der Waals surface area contributed by atoms with Gasteiger partial charge in [0.1, 0.15) is 5.82 Å². The molecule has 2 unspecified atom stereocenters. The molecule has 2 rings (SSSR count). The highest BCUT2D eigenvalue weighted by Crippen LogP contribution is 2.12. The molecular weight excluding hydrogens is 180 g/mol. The molecule has 2 atom stereocenters. The van der Waals surface area contributed by atoms with Crippen molar-refractivity contribution < 1.29 is 5.11 Å². The zero-order valence-corrected chi connectivity index (χ0v) is 7.83. The predicted molar refractivity (Wildman–Crippen MR) is 51.6 cm³/mol. The van der Waals surface area contributed by atoms with Crippen molar-refractivity contribution in [2.75, 3.05) is 0 Å². The smallest absolute Gasteiger partial charge is 0.149 e. The Morgan fingerprint density at radius 2 is 2.14 bits per heavy atom. The Morgan fingerprint density at radius 3 is 2.86 bits per heavy atom. The molecule has 2 heterocycles. The Morgan fingerprint density at radius 1 is 1.43 bits per heavy atom. The largest absolute Gasteiger partial charge is 0.391 e. The fraction of sp³-hybridized carbons (Fsp3) is 0.333. The average Bonchev–Trinajstić information content (AvgIpc) is 2.63. The Bertz CT molecular complexity index is 437. The molecule has 0 aliphatic rings. The fourth-order valence-electron chi connectivity index (χ4n) is 1.32. The van der Waals surface area contributed by atoms with Gasteiger partial charge in [0.15, 0.2) is 0 Å². The molecule has 0 saturated heterocycles. The van der Waals surface area contributed by atoms with Crippen LogP contribution in [0.25, 0.3) is 5.52 Å². The van der Waals surface area contributed by atoms with Crippen molar-refractivity contribution in [1.29, 1.82) is 0 Å². The second kappa shape index (κ2) is 3.36. The molecule has 0 aromatic carbocycles. The van der Waals surface area contributed by atoms with Gasteiger partial charge in [-0.2, -0.15) is 5.10 Å². The number of fused-ring (bicyclic) bond motifs is 1. The lowest BCUT2D eigenvalue weighted by molar-refractivity contribution is 0.159. The molecule has 0 bridgehead atoms. The van der Waals surface area contributed by atoms with Crippen molar-refractivity contribution in [3.63, 3.8) is 0 Å². The number of hydrogen-bond acceptors (Lipinski definition) is 4. The highest BCUT2D eigenvalue weighted by atomic mass is 16.3. The Kier molecular flexibility index (Phi) is 2.18. The van der Waals surface area contributed by atoms with E-state index in [1.165, 1.54) is 0 Å². The van der Waals surface area contributed by atoms with Crippen molar-refractivity contribution in [2.45, 2.75) is 19.1 Å². The van der Waals surface area contributed by atoms with Crippen LogP contribution >= 0.6 is 0 Å². The van der Waals surface area contributed by atoms with Crippen LogP contribution in [0.15, 0.2) is 24.5 Å². The third kappa shape index (κ3) is 1.36. The first-order chi connectivity index (χ1) is 6.70. The van der Waals surface area contributed by atoms with Gasteiger partial charge in [0, 0.05) is 6.20 Å². The van der Waals surface area contributed by atoms with Crippen LogP contribution in [0.2, 0.25) is 0 Å². The van der Waals surface area contributed by atoms with Gasteiger partial charge in [-0.15, -0.1) is 0 Å². The van der Waals surface area contributed by atoms with E-state index in [1.54, 1.807) is 23.8 Å². The lowest BCUT2D eigenvalue weighted by Gasteiger charge is -2.14. The molecule has 0 spiro atoms. The summed E-state index contributed by atoms with van der Waals surface area (Å²) in [5, 5.41) is 13.5. The van der Waals surface area contributed by atoms with Gasteiger partial charge < -0.3 is 10.8 Å². The number of nitrogens with two attached hydrogens (primary N) is 1. The highest BCUT2D eigenvalue weighted by molar-refractivity contribution is 5.44. The second-order valence-corrected chi connectivity index (χ2v) is 3.24. The molecule has 0 aliphatic carbocycles. The van der Waals surface area contributed by atoms with Crippen LogP contribution in [0.1, 0.15) is 18.8 Å². The maximum atomic E-state index is 9.37. The zero-order valence-electron chi connectivity index (χ0n) is 7.83. The van der Waals surface area contributed by atoms with Crippen molar-refractivity contribution in [2.24, 2.45) is 5.73 Å². The molecule has 5 nitrogen and oxygen atoms in total. The average molecular weight is 192 g/mol. The van der Waals surface area contributed by atoms with Crippen molar-refractivity contribution >= 4 is 5.52 Å². The SMILES string of the molecule is CC(O)C(N)c1nccc2ccnn12. The van der Waals surface area contributed by atoms with E-state index in [2.05, 4.69) is 10.1 Å². The summed E-state index contributed by atoms with van der Waals surface area (Å²) < 4.78 is 1.64. The maximum Gasteiger partial charge on any atom is 0.149 e. The summed E-state index contributed by atoms with van der Waals surface area (Å²) in [5.74, 6) is 0.572. The first kappa shape index (κ1) is 9.11. The minimum absolute atomic E-state index is 0.515. The number of aromatic nitrogens is 3. The zero-order chi connectivity index (χ0) is 10.1. The molecule has 0 aliphatic heterocycles. The first-order valence-electron chi connectivity index (χ1n) is 4.42. The molecule has 2 aromatic heterocycles. The van der Waals surface area contributed by atoms with E-state index in [1.807, 2.05) is 12.1 Å². The van der Waals surface area contributed by atoms with E-state index < -0.39 is 12.1 Å². The van der Waals surface area contributed by atoms with Gasteiger partial charge in [0.25, 0.3) is 0 Å². The number of rotatable bonds is 2. The minimum atomic E-state index is -0.641. The quantitative estimate of drug-likeness (QED) is 0.708. The first-order valence-corrected chi connectivity index (χ1v) is 4.42. The van der Waals surface area contributed by atoms with Crippen LogP contribution < -0.4 is 5.73 Å². The molecule has 3 N–H and O–H groups in total. The van der Waals surface area contributed by atoms with Gasteiger partial charge in [-0.1, -0.05) is 0 Å². The van der Waals surface area contributed by atoms with Gasteiger partial charge in [-0.25, -0.2) is 9.50 Å². The summed E-state index contributed by atoms with van der Waals surface area (Å²) in [6.45, 7) is 1.63. The molecule has 0 saturated carbocycles.